The van der Waals surface area contributed by atoms with Crippen molar-refractivity contribution in [3.8, 4) is 0 Å². The average molecular weight is 344 g/mol. The van der Waals surface area contributed by atoms with E-state index in [2.05, 4.69) is 17.2 Å². The number of aryl methyl sites for hydroxylation is 1. The Kier molecular flexibility index (Phi) is 5.63. The van der Waals surface area contributed by atoms with E-state index < -0.39 is 0 Å². The van der Waals surface area contributed by atoms with E-state index in [-0.39, 0.29) is 5.91 Å². The van der Waals surface area contributed by atoms with E-state index in [1.165, 1.54) is 24.2 Å². The van der Waals surface area contributed by atoms with Crippen LogP contribution in [0.15, 0.2) is 29.6 Å². The summed E-state index contributed by atoms with van der Waals surface area (Å²) in [5.74, 6) is 0.592. The maximum Gasteiger partial charge on any atom is 0.275 e. The van der Waals surface area contributed by atoms with Crippen LogP contribution in [0.25, 0.3) is 0 Å². The number of ether oxygens (including phenoxy) is 1. The Labute approximate surface area is 147 Å². The van der Waals surface area contributed by atoms with Crippen molar-refractivity contribution in [2.75, 3.05) is 5.32 Å². The van der Waals surface area contributed by atoms with Crippen molar-refractivity contribution in [1.29, 1.82) is 0 Å². The van der Waals surface area contributed by atoms with E-state index >= 15 is 0 Å². The predicted molar refractivity (Wildman–Crippen MR) is 97.5 cm³/mol. The van der Waals surface area contributed by atoms with Crippen LogP contribution in [0.2, 0.25) is 0 Å². The van der Waals surface area contributed by atoms with Crippen molar-refractivity contribution < 1.29 is 9.53 Å². The van der Waals surface area contributed by atoms with Crippen molar-refractivity contribution in [2.45, 2.75) is 52.2 Å². The van der Waals surface area contributed by atoms with Crippen LogP contribution in [0.1, 0.15) is 53.7 Å². The zero-order chi connectivity index (χ0) is 16.9. The van der Waals surface area contributed by atoms with Crippen molar-refractivity contribution in [3.63, 3.8) is 0 Å². The van der Waals surface area contributed by atoms with Crippen LogP contribution in [0.5, 0.6) is 0 Å². The molecule has 0 radical (unpaired) electrons. The second kappa shape index (κ2) is 7.90. The highest BCUT2D eigenvalue weighted by Gasteiger charge is 2.19. The number of amides is 1. The molecule has 128 valence electrons. The first-order valence-corrected chi connectivity index (χ1v) is 9.42. The number of carbonyl (C=O) groups is 1. The number of thiazole rings is 1. The Morgan fingerprint density at radius 3 is 3.04 bits per heavy atom. The van der Waals surface area contributed by atoms with E-state index in [1.54, 1.807) is 5.38 Å². The van der Waals surface area contributed by atoms with Crippen LogP contribution in [-0.4, -0.2) is 17.0 Å². The third-order valence-corrected chi connectivity index (χ3v) is 5.18. The summed E-state index contributed by atoms with van der Waals surface area (Å²) in [6.07, 6.45) is 5.25. The minimum Gasteiger partial charge on any atom is -0.374 e. The van der Waals surface area contributed by atoms with E-state index in [1.807, 2.05) is 31.2 Å². The molecule has 5 heteroatoms. The van der Waals surface area contributed by atoms with Gasteiger partial charge in [0.05, 0.1) is 17.7 Å². The molecule has 1 amide bonds. The predicted octanol–water partition coefficient (Wildman–Crippen LogP) is 4.80. The van der Waals surface area contributed by atoms with Gasteiger partial charge in [-0.15, -0.1) is 11.3 Å². The molecule has 2 atom stereocenters. The van der Waals surface area contributed by atoms with Crippen molar-refractivity contribution in [3.05, 3.63) is 45.9 Å². The summed E-state index contributed by atoms with van der Waals surface area (Å²) >= 11 is 1.48. The molecule has 1 fully saturated rings. The second-order valence-corrected chi connectivity index (χ2v) is 7.67. The Bertz CT molecular complexity index is 698. The first-order chi connectivity index (χ1) is 11.6. The largest absolute Gasteiger partial charge is 0.374 e. The average Bonchev–Trinajstić information content (AvgIpc) is 3.00. The summed E-state index contributed by atoms with van der Waals surface area (Å²) < 4.78 is 6.06. The zero-order valence-electron chi connectivity index (χ0n) is 14.2. The quantitative estimate of drug-likeness (QED) is 0.847. The molecule has 24 heavy (non-hydrogen) atoms. The molecule has 4 nitrogen and oxygen atoms in total. The molecule has 1 aliphatic carbocycles. The van der Waals surface area contributed by atoms with Gasteiger partial charge < -0.3 is 10.1 Å². The van der Waals surface area contributed by atoms with Crippen LogP contribution in [0.4, 0.5) is 5.69 Å². The van der Waals surface area contributed by atoms with Crippen LogP contribution in [-0.2, 0) is 11.3 Å². The van der Waals surface area contributed by atoms with Gasteiger partial charge in [0, 0.05) is 11.1 Å². The van der Waals surface area contributed by atoms with Gasteiger partial charge >= 0.3 is 0 Å². The summed E-state index contributed by atoms with van der Waals surface area (Å²) in [5, 5.41) is 5.58. The van der Waals surface area contributed by atoms with E-state index in [0.29, 0.717) is 18.4 Å². The maximum atomic E-state index is 12.2. The number of hydrogen-bond donors (Lipinski definition) is 1. The molecule has 0 aliphatic heterocycles. The van der Waals surface area contributed by atoms with Gasteiger partial charge in [-0.1, -0.05) is 31.9 Å². The molecule has 0 saturated heterocycles. The van der Waals surface area contributed by atoms with Gasteiger partial charge in [-0.05, 0) is 43.4 Å². The van der Waals surface area contributed by atoms with Crippen molar-refractivity contribution in [1.82, 2.24) is 4.98 Å². The number of anilines is 1. The highest BCUT2D eigenvalue weighted by atomic mass is 32.1. The Morgan fingerprint density at radius 2 is 2.29 bits per heavy atom. The fourth-order valence-corrected chi connectivity index (χ4v) is 3.74. The standard InChI is InChI=1S/C19H24N2O2S/c1-13-5-3-8-17(9-13)23-11-15-6-4-7-16(10-15)21-19(22)18-12-24-14(2)20-18/h4,6-7,10,12-13,17H,3,5,8-9,11H2,1-2H3,(H,21,22). The minimum absolute atomic E-state index is 0.168. The summed E-state index contributed by atoms with van der Waals surface area (Å²) in [7, 11) is 0. The molecule has 1 heterocycles. The summed E-state index contributed by atoms with van der Waals surface area (Å²) in [6, 6.07) is 7.85. The number of aromatic nitrogens is 1. The van der Waals surface area contributed by atoms with Gasteiger partial charge in [0.1, 0.15) is 5.69 Å². The van der Waals surface area contributed by atoms with Crippen molar-refractivity contribution >= 4 is 22.9 Å². The van der Waals surface area contributed by atoms with Gasteiger partial charge in [-0.2, -0.15) is 0 Å². The zero-order valence-corrected chi connectivity index (χ0v) is 15.1. The molecule has 1 aromatic carbocycles. The Balaban J connectivity index is 1.56. The normalized spacial score (nSPS) is 20.8. The third kappa shape index (κ3) is 4.65. The number of carbonyl (C=O) groups excluding carboxylic acids is 1. The third-order valence-electron chi connectivity index (χ3n) is 4.41. The first-order valence-electron chi connectivity index (χ1n) is 8.54. The first kappa shape index (κ1) is 17.1. The van der Waals surface area contributed by atoms with Gasteiger partial charge in [-0.3, -0.25) is 4.79 Å². The number of rotatable bonds is 5. The molecule has 0 bridgehead atoms. The van der Waals surface area contributed by atoms with E-state index in [0.717, 1.165) is 35.0 Å². The fourth-order valence-electron chi connectivity index (χ4n) is 3.15. The fraction of sp³-hybridized carbons (Fsp3) is 0.474. The molecule has 1 saturated carbocycles. The molecular weight excluding hydrogens is 320 g/mol. The molecule has 2 aromatic rings. The molecule has 0 spiro atoms. The van der Waals surface area contributed by atoms with E-state index in [9.17, 15) is 4.79 Å². The molecule has 1 aliphatic rings. The Hall–Kier alpha value is -1.72. The molecule has 1 aromatic heterocycles. The molecular formula is C19H24N2O2S. The number of nitrogens with zero attached hydrogens (tertiary/aromatic N) is 1. The van der Waals surface area contributed by atoms with Gasteiger partial charge in [-0.25, -0.2) is 4.98 Å². The number of hydrogen-bond acceptors (Lipinski definition) is 4. The lowest BCUT2D eigenvalue weighted by atomic mass is 9.89. The highest BCUT2D eigenvalue weighted by molar-refractivity contribution is 7.09. The monoisotopic (exact) mass is 344 g/mol. The van der Waals surface area contributed by atoms with Gasteiger partial charge in [0.2, 0.25) is 0 Å². The van der Waals surface area contributed by atoms with Crippen molar-refractivity contribution in [2.24, 2.45) is 5.92 Å². The maximum absolute atomic E-state index is 12.2. The number of benzene rings is 1. The molecule has 2 unspecified atom stereocenters. The van der Waals surface area contributed by atoms with E-state index in [4.69, 9.17) is 4.74 Å². The van der Waals surface area contributed by atoms with Crippen LogP contribution in [0.3, 0.4) is 0 Å². The second-order valence-electron chi connectivity index (χ2n) is 6.61. The Morgan fingerprint density at radius 1 is 1.42 bits per heavy atom. The summed E-state index contributed by atoms with van der Waals surface area (Å²) in [5.41, 5.74) is 2.33. The number of nitrogens with one attached hydrogen (secondary N) is 1. The molecule has 1 N–H and O–H groups in total. The smallest absolute Gasteiger partial charge is 0.275 e. The van der Waals surface area contributed by atoms with Crippen LogP contribution < -0.4 is 5.32 Å². The van der Waals surface area contributed by atoms with Gasteiger partial charge in [0.15, 0.2) is 0 Å². The molecule has 3 rings (SSSR count). The lowest BCUT2D eigenvalue weighted by Gasteiger charge is -2.26. The van der Waals surface area contributed by atoms with Gasteiger partial charge in [0.25, 0.3) is 5.91 Å². The minimum atomic E-state index is -0.168. The highest BCUT2D eigenvalue weighted by Crippen LogP contribution is 2.26. The van der Waals surface area contributed by atoms with Crippen LogP contribution in [0, 0.1) is 12.8 Å². The summed E-state index contributed by atoms with van der Waals surface area (Å²) in [6.45, 7) is 4.79. The van der Waals surface area contributed by atoms with Crippen LogP contribution >= 0.6 is 11.3 Å². The summed E-state index contributed by atoms with van der Waals surface area (Å²) in [4.78, 5) is 16.4. The SMILES string of the molecule is Cc1nc(C(=O)Nc2cccc(COC3CCCC(C)C3)c2)cs1. The lowest BCUT2D eigenvalue weighted by Crippen LogP contribution is -2.21. The lowest BCUT2D eigenvalue weighted by molar-refractivity contribution is 0.00468. The topological polar surface area (TPSA) is 51.2 Å².